The Morgan fingerprint density at radius 1 is 0.968 bits per heavy atom. The Bertz CT molecular complexity index is 899. The third-order valence-electron chi connectivity index (χ3n) is 6.04. The van der Waals surface area contributed by atoms with Crippen molar-refractivity contribution in [2.45, 2.75) is 51.3 Å². The lowest BCUT2D eigenvalue weighted by molar-refractivity contribution is -0.199. The molecule has 2 aromatic carbocycles. The van der Waals surface area contributed by atoms with Crippen LogP contribution < -0.4 is 0 Å². The minimum absolute atomic E-state index is 0.0518. The van der Waals surface area contributed by atoms with Gasteiger partial charge in [0.25, 0.3) is 0 Å². The van der Waals surface area contributed by atoms with E-state index in [1.807, 2.05) is 67.6 Å². The number of hydrogen-bond donors (Lipinski definition) is 0. The molecule has 1 heterocycles. The quantitative estimate of drug-likeness (QED) is 0.476. The van der Waals surface area contributed by atoms with Crippen LogP contribution in [0.3, 0.4) is 0 Å². The number of fused-ring (bicyclic) bond motifs is 1. The molecular formula is C25H28O6. The van der Waals surface area contributed by atoms with Gasteiger partial charge in [-0.3, -0.25) is 4.79 Å². The van der Waals surface area contributed by atoms with E-state index >= 15 is 0 Å². The van der Waals surface area contributed by atoms with E-state index in [4.69, 9.17) is 18.9 Å². The summed E-state index contributed by atoms with van der Waals surface area (Å²) in [7, 11) is 0. The highest BCUT2D eigenvalue weighted by molar-refractivity contribution is 5.84. The second-order valence-electron chi connectivity index (χ2n) is 8.40. The molecule has 0 amide bonds. The zero-order chi connectivity index (χ0) is 21.8. The first-order chi connectivity index (χ1) is 15.0. The molecule has 164 valence electrons. The summed E-state index contributed by atoms with van der Waals surface area (Å²) in [5, 5.41) is 0. The van der Waals surface area contributed by atoms with Crippen LogP contribution in [0.1, 0.15) is 31.4 Å². The third kappa shape index (κ3) is 4.81. The highest BCUT2D eigenvalue weighted by Gasteiger charge is 2.66. The molecule has 0 aromatic heterocycles. The Labute approximate surface area is 182 Å². The van der Waals surface area contributed by atoms with Gasteiger partial charge in [0.05, 0.1) is 31.3 Å². The third-order valence-corrected chi connectivity index (χ3v) is 6.04. The standard InChI is InChI=1S/C25H28O6/c1-17-13-25(31-18(2)26,24(27)29-15-20-11-7-4-8-12-20)21(23-22(17)30-23)16-28-14-19-9-5-3-6-10-19/h3-12,17,21-23H,13-16H2,1-2H3/t17-,21-,22+,23-,25-/m1/s1. The van der Waals surface area contributed by atoms with Crippen LogP contribution in [0.15, 0.2) is 60.7 Å². The molecule has 1 aliphatic carbocycles. The molecule has 2 fully saturated rings. The van der Waals surface area contributed by atoms with Crippen molar-refractivity contribution in [2.24, 2.45) is 11.8 Å². The van der Waals surface area contributed by atoms with Gasteiger partial charge in [0.2, 0.25) is 5.60 Å². The number of carbonyl (C=O) groups is 2. The summed E-state index contributed by atoms with van der Waals surface area (Å²) in [5.74, 6) is -1.42. The number of epoxide rings is 1. The van der Waals surface area contributed by atoms with Crippen molar-refractivity contribution in [3.8, 4) is 0 Å². The average molecular weight is 424 g/mol. The first-order valence-electron chi connectivity index (χ1n) is 10.7. The summed E-state index contributed by atoms with van der Waals surface area (Å²) in [6, 6.07) is 19.2. The molecular weight excluding hydrogens is 396 g/mol. The molecule has 0 unspecified atom stereocenters. The van der Waals surface area contributed by atoms with Gasteiger partial charge in [0, 0.05) is 13.3 Å². The van der Waals surface area contributed by atoms with Crippen LogP contribution in [0.25, 0.3) is 0 Å². The van der Waals surface area contributed by atoms with E-state index in [0.717, 1.165) is 11.1 Å². The van der Waals surface area contributed by atoms with Gasteiger partial charge in [-0.1, -0.05) is 67.6 Å². The van der Waals surface area contributed by atoms with Gasteiger partial charge in [-0.15, -0.1) is 0 Å². The SMILES string of the molecule is CC(=O)O[C@]1(C(=O)OCc2ccccc2)C[C@@H](C)[C@@H]2O[C@@H]2[C@H]1COCc1ccccc1. The topological polar surface area (TPSA) is 74.4 Å². The average Bonchev–Trinajstić information content (AvgIpc) is 3.56. The number of esters is 2. The number of ether oxygens (including phenoxy) is 4. The van der Waals surface area contributed by atoms with E-state index in [0.29, 0.717) is 13.0 Å². The fraction of sp³-hybridized carbons (Fsp3) is 0.440. The first-order valence-corrected chi connectivity index (χ1v) is 10.7. The highest BCUT2D eigenvalue weighted by atomic mass is 16.6. The van der Waals surface area contributed by atoms with Crippen LogP contribution in [0.4, 0.5) is 0 Å². The molecule has 0 N–H and O–H groups in total. The van der Waals surface area contributed by atoms with Crippen molar-refractivity contribution in [1.29, 1.82) is 0 Å². The second-order valence-corrected chi connectivity index (χ2v) is 8.40. The molecule has 0 spiro atoms. The smallest absolute Gasteiger partial charge is 0.351 e. The van der Waals surface area contributed by atoms with E-state index in [1.165, 1.54) is 6.92 Å². The van der Waals surface area contributed by atoms with Crippen LogP contribution in [0.5, 0.6) is 0 Å². The summed E-state index contributed by atoms with van der Waals surface area (Å²) in [6.45, 7) is 4.08. The molecule has 31 heavy (non-hydrogen) atoms. The number of hydrogen-bond acceptors (Lipinski definition) is 6. The first kappa shape index (κ1) is 21.5. The summed E-state index contributed by atoms with van der Waals surface area (Å²) < 4.78 is 23.2. The van der Waals surface area contributed by atoms with Crippen LogP contribution in [-0.2, 0) is 41.8 Å². The molecule has 2 aromatic rings. The fourth-order valence-corrected chi connectivity index (χ4v) is 4.53. The van der Waals surface area contributed by atoms with Crippen LogP contribution in [0, 0.1) is 11.8 Å². The van der Waals surface area contributed by atoms with Crippen molar-refractivity contribution in [3.05, 3.63) is 71.8 Å². The summed E-state index contributed by atoms with van der Waals surface area (Å²) >= 11 is 0. The highest BCUT2D eigenvalue weighted by Crippen LogP contribution is 2.51. The van der Waals surface area contributed by atoms with Gasteiger partial charge < -0.3 is 18.9 Å². The van der Waals surface area contributed by atoms with Gasteiger partial charge in [-0.25, -0.2) is 4.79 Å². The number of carbonyl (C=O) groups excluding carboxylic acids is 2. The Kier molecular flexibility index (Phi) is 6.39. The molecule has 1 aliphatic heterocycles. The maximum Gasteiger partial charge on any atom is 0.351 e. The monoisotopic (exact) mass is 424 g/mol. The Hall–Kier alpha value is -2.70. The predicted molar refractivity (Wildman–Crippen MR) is 113 cm³/mol. The normalized spacial score (nSPS) is 29.0. The van der Waals surface area contributed by atoms with Gasteiger partial charge >= 0.3 is 11.9 Å². The molecule has 1 saturated carbocycles. The van der Waals surface area contributed by atoms with Gasteiger partial charge in [0.15, 0.2) is 0 Å². The zero-order valence-electron chi connectivity index (χ0n) is 17.9. The lowest BCUT2D eigenvalue weighted by Crippen LogP contribution is -2.57. The van der Waals surface area contributed by atoms with E-state index in [1.54, 1.807) is 0 Å². The van der Waals surface area contributed by atoms with Crippen molar-refractivity contribution < 1.29 is 28.5 Å². The molecule has 0 bridgehead atoms. The Morgan fingerprint density at radius 2 is 1.58 bits per heavy atom. The van der Waals surface area contributed by atoms with Crippen LogP contribution >= 0.6 is 0 Å². The summed E-state index contributed by atoms with van der Waals surface area (Å²) in [6.07, 6.45) is 0.208. The number of benzene rings is 2. The molecule has 6 heteroatoms. The van der Waals surface area contributed by atoms with E-state index < -0.39 is 23.5 Å². The van der Waals surface area contributed by atoms with Crippen molar-refractivity contribution in [2.75, 3.05) is 6.61 Å². The van der Waals surface area contributed by atoms with Crippen LogP contribution in [-0.4, -0.2) is 36.4 Å². The lowest BCUT2D eigenvalue weighted by atomic mass is 9.71. The zero-order valence-corrected chi connectivity index (χ0v) is 17.9. The molecule has 1 saturated heterocycles. The maximum absolute atomic E-state index is 13.4. The second kappa shape index (κ2) is 9.20. The van der Waals surface area contributed by atoms with Crippen molar-refractivity contribution in [1.82, 2.24) is 0 Å². The minimum Gasteiger partial charge on any atom is -0.458 e. The van der Waals surface area contributed by atoms with E-state index in [2.05, 4.69) is 0 Å². The number of rotatable bonds is 8. The molecule has 0 radical (unpaired) electrons. The van der Waals surface area contributed by atoms with Crippen LogP contribution in [0.2, 0.25) is 0 Å². The predicted octanol–water partition coefficient (Wildman–Crippen LogP) is 3.67. The van der Waals surface area contributed by atoms with E-state index in [-0.39, 0.29) is 31.3 Å². The fourth-order valence-electron chi connectivity index (χ4n) is 4.53. The van der Waals surface area contributed by atoms with Crippen molar-refractivity contribution >= 4 is 11.9 Å². The Morgan fingerprint density at radius 3 is 2.19 bits per heavy atom. The minimum atomic E-state index is -1.42. The molecule has 2 aliphatic rings. The summed E-state index contributed by atoms with van der Waals surface area (Å²) in [4.78, 5) is 25.4. The van der Waals surface area contributed by atoms with Gasteiger partial charge in [0.1, 0.15) is 6.61 Å². The Balaban J connectivity index is 1.52. The molecule has 4 rings (SSSR count). The largest absolute Gasteiger partial charge is 0.458 e. The van der Waals surface area contributed by atoms with Gasteiger partial charge in [-0.2, -0.15) is 0 Å². The molecule has 6 nitrogen and oxygen atoms in total. The maximum atomic E-state index is 13.4. The lowest BCUT2D eigenvalue weighted by Gasteiger charge is -2.41. The van der Waals surface area contributed by atoms with Crippen molar-refractivity contribution in [3.63, 3.8) is 0 Å². The van der Waals surface area contributed by atoms with Gasteiger partial charge in [-0.05, 0) is 17.0 Å². The van der Waals surface area contributed by atoms with E-state index in [9.17, 15) is 9.59 Å². The summed E-state index contributed by atoms with van der Waals surface area (Å²) in [5.41, 5.74) is 0.480. The molecule has 5 atom stereocenters.